The van der Waals surface area contributed by atoms with E-state index >= 15 is 0 Å². The summed E-state index contributed by atoms with van der Waals surface area (Å²) in [4.78, 5) is 14.4. The van der Waals surface area contributed by atoms with E-state index in [4.69, 9.17) is 16.3 Å². The molecule has 3 aliphatic heterocycles. The topological polar surface area (TPSA) is 41.6 Å². The number of nitrogens with one attached hydrogen (secondary N) is 1. The van der Waals surface area contributed by atoms with Gasteiger partial charge in [0.05, 0.1) is 0 Å². The number of ether oxygens (including phenoxy) is 1. The van der Waals surface area contributed by atoms with Crippen LogP contribution in [0.3, 0.4) is 0 Å². The molecular formula is C15H19Cl2N2O2-. The molecule has 0 radical (unpaired) electrons. The molecule has 1 unspecified atom stereocenters. The van der Waals surface area contributed by atoms with Crippen molar-refractivity contribution in [2.45, 2.75) is 18.9 Å². The SMILES string of the molecule is O=C(COc1ccc(Cl)cc1)NC1CN2CCC1CC2.[Cl-]. The number of amides is 1. The Labute approximate surface area is 136 Å². The van der Waals surface area contributed by atoms with Crippen LogP contribution in [0.4, 0.5) is 0 Å². The minimum Gasteiger partial charge on any atom is -1.00 e. The van der Waals surface area contributed by atoms with Gasteiger partial charge in [-0.1, -0.05) is 11.6 Å². The van der Waals surface area contributed by atoms with Crippen LogP contribution >= 0.6 is 11.6 Å². The van der Waals surface area contributed by atoms with Crippen LogP contribution in [-0.2, 0) is 4.79 Å². The minimum atomic E-state index is -0.0429. The van der Waals surface area contributed by atoms with Crippen LogP contribution in [0.15, 0.2) is 24.3 Å². The average molecular weight is 330 g/mol. The molecule has 0 aromatic heterocycles. The third-order valence-electron chi connectivity index (χ3n) is 4.19. The summed E-state index contributed by atoms with van der Waals surface area (Å²) < 4.78 is 5.46. The van der Waals surface area contributed by atoms with Gasteiger partial charge in [0, 0.05) is 17.6 Å². The molecule has 3 fully saturated rings. The van der Waals surface area contributed by atoms with Crippen LogP contribution in [0.5, 0.6) is 5.75 Å². The van der Waals surface area contributed by atoms with Gasteiger partial charge in [-0.15, -0.1) is 0 Å². The van der Waals surface area contributed by atoms with E-state index < -0.39 is 0 Å². The average Bonchev–Trinajstić information content (AvgIpc) is 2.48. The first-order valence-electron chi connectivity index (χ1n) is 7.11. The molecule has 2 bridgehead atoms. The summed E-state index contributed by atoms with van der Waals surface area (Å²) in [6.45, 7) is 3.40. The lowest BCUT2D eigenvalue weighted by Crippen LogP contribution is -3.00. The summed E-state index contributed by atoms with van der Waals surface area (Å²) in [5.41, 5.74) is 0. The Morgan fingerprint density at radius 1 is 1.29 bits per heavy atom. The van der Waals surface area contributed by atoms with Crippen molar-refractivity contribution in [3.8, 4) is 5.75 Å². The lowest BCUT2D eigenvalue weighted by Gasteiger charge is -2.44. The molecule has 1 aromatic carbocycles. The van der Waals surface area contributed by atoms with Crippen molar-refractivity contribution >= 4 is 17.5 Å². The minimum absolute atomic E-state index is 0. The number of carbonyl (C=O) groups excluding carboxylic acids is 1. The lowest BCUT2D eigenvalue weighted by atomic mass is 9.84. The van der Waals surface area contributed by atoms with Crippen LogP contribution in [0.25, 0.3) is 0 Å². The van der Waals surface area contributed by atoms with E-state index in [0.29, 0.717) is 22.7 Å². The van der Waals surface area contributed by atoms with Gasteiger partial charge >= 0.3 is 0 Å². The highest BCUT2D eigenvalue weighted by atomic mass is 35.5. The fraction of sp³-hybridized carbons (Fsp3) is 0.533. The molecule has 21 heavy (non-hydrogen) atoms. The van der Waals surface area contributed by atoms with Crippen LogP contribution in [0.2, 0.25) is 5.02 Å². The van der Waals surface area contributed by atoms with Crippen molar-refractivity contribution in [3.05, 3.63) is 29.3 Å². The summed E-state index contributed by atoms with van der Waals surface area (Å²) in [5, 5.41) is 3.76. The van der Waals surface area contributed by atoms with Gasteiger partial charge in [0.1, 0.15) is 5.75 Å². The molecule has 3 aliphatic rings. The summed E-state index contributed by atoms with van der Waals surface area (Å²) in [7, 11) is 0. The number of nitrogens with zero attached hydrogens (tertiary/aromatic N) is 1. The molecule has 6 heteroatoms. The quantitative estimate of drug-likeness (QED) is 0.765. The molecule has 3 heterocycles. The Kier molecular flexibility index (Phi) is 5.73. The first kappa shape index (κ1) is 16.4. The number of hydrogen-bond donors (Lipinski definition) is 1. The standard InChI is InChI=1S/C15H19ClN2O2.ClH/c16-12-1-3-13(4-2-12)20-10-15(19)17-14-9-18-7-5-11(14)6-8-18;/h1-4,11,14H,5-10H2,(H,17,19);1H/p-1. The molecule has 1 aromatic rings. The fourth-order valence-electron chi connectivity index (χ4n) is 3.06. The molecule has 1 atom stereocenters. The molecule has 0 saturated carbocycles. The molecule has 116 valence electrons. The third kappa shape index (κ3) is 4.25. The van der Waals surface area contributed by atoms with Crippen molar-refractivity contribution in [3.63, 3.8) is 0 Å². The van der Waals surface area contributed by atoms with Gasteiger partial charge in [0.15, 0.2) is 6.61 Å². The maximum absolute atomic E-state index is 11.9. The highest BCUT2D eigenvalue weighted by Gasteiger charge is 2.34. The molecule has 1 amide bonds. The smallest absolute Gasteiger partial charge is 0.258 e. The number of rotatable bonds is 4. The highest BCUT2D eigenvalue weighted by Crippen LogP contribution is 2.27. The molecule has 4 rings (SSSR count). The Morgan fingerprint density at radius 2 is 1.95 bits per heavy atom. The zero-order chi connectivity index (χ0) is 13.9. The summed E-state index contributed by atoms with van der Waals surface area (Å²) >= 11 is 5.80. The first-order valence-corrected chi connectivity index (χ1v) is 7.48. The van der Waals surface area contributed by atoms with Gasteiger partial charge in [0.2, 0.25) is 0 Å². The van der Waals surface area contributed by atoms with E-state index in [9.17, 15) is 4.79 Å². The van der Waals surface area contributed by atoms with Gasteiger partial charge < -0.3 is 27.4 Å². The third-order valence-corrected chi connectivity index (χ3v) is 4.44. The van der Waals surface area contributed by atoms with E-state index in [0.717, 1.165) is 6.54 Å². The Morgan fingerprint density at radius 3 is 2.52 bits per heavy atom. The second kappa shape index (κ2) is 7.34. The number of hydrogen-bond acceptors (Lipinski definition) is 3. The van der Waals surface area contributed by atoms with Gasteiger partial charge in [0.25, 0.3) is 5.91 Å². The lowest BCUT2D eigenvalue weighted by molar-refractivity contribution is -0.125. The predicted octanol–water partition coefficient (Wildman–Crippen LogP) is -1.07. The zero-order valence-electron chi connectivity index (χ0n) is 11.7. The van der Waals surface area contributed by atoms with E-state index in [1.54, 1.807) is 24.3 Å². The predicted molar refractivity (Wildman–Crippen MR) is 78.0 cm³/mol. The van der Waals surface area contributed by atoms with Crippen LogP contribution in [0, 0.1) is 5.92 Å². The van der Waals surface area contributed by atoms with Crippen LogP contribution < -0.4 is 22.5 Å². The van der Waals surface area contributed by atoms with Crippen molar-refractivity contribution in [1.82, 2.24) is 10.2 Å². The normalized spacial score (nSPS) is 26.8. The number of benzene rings is 1. The van der Waals surface area contributed by atoms with Crippen molar-refractivity contribution < 1.29 is 21.9 Å². The maximum Gasteiger partial charge on any atom is 0.258 e. The summed E-state index contributed by atoms with van der Waals surface area (Å²) in [6.07, 6.45) is 2.39. The molecular weight excluding hydrogens is 311 g/mol. The number of piperidine rings is 3. The molecule has 0 spiro atoms. The fourth-order valence-corrected chi connectivity index (χ4v) is 3.18. The second-order valence-electron chi connectivity index (χ2n) is 5.55. The second-order valence-corrected chi connectivity index (χ2v) is 5.99. The van der Waals surface area contributed by atoms with Gasteiger partial charge in [-0.05, 0) is 56.1 Å². The van der Waals surface area contributed by atoms with E-state index in [-0.39, 0.29) is 24.9 Å². The van der Waals surface area contributed by atoms with Crippen LogP contribution in [0.1, 0.15) is 12.8 Å². The monoisotopic (exact) mass is 329 g/mol. The number of fused-ring (bicyclic) bond motifs is 3. The Hall–Kier alpha value is -0.970. The maximum atomic E-state index is 11.9. The molecule has 4 nitrogen and oxygen atoms in total. The van der Waals surface area contributed by atoms with E-state index in [2.05, 4.69) is 10.2 Å². The number of carbonyl (C=O) groups is 1. The van der Waals surface area contributed by atoms with E-state index in [1.807, 2.05) is 0 Å². The molecule has 0 aliphatic carbocycles. The van der Waals surface area contributed by atoms with Gasteiger partial charge in [-0.25, -0.2) is 0 Å². The van der Waals surface area contributed by atoms with E-state index in [1.165, 1.54) is 25.9 Å². The van der Waals surface area contributed by atoms with Crippen LogP contribution in [-0.4, -0.2) is 43.1 Å². The summed E-state index contributed by atoms with van der Waals surface area (Å²) in [5.74, 6) is 1.26. The zero-order valence-corrected chi connectivity index (χ0v) is 13.2. The number of halogens is 2. The van der Waals surface area contributed by atoms with Crippen molar-refractivity contribution in [2.24, 2.45) is 5.92 Å². The summed E-state index contributed by atoms with van der Waals surface area (Å²) in [6, 6.07) is 7.33. The highest BCUT2D eigenvalue weighted by molar-refractivity contribution is 6.30. The van der Waals surface area contributed by atoms with Crippen molar-refractivity contribution in [1.29, 1.82) is 0 Å². The first-order chi connectivity index (χ1) is 9.70. The van der Waals surface area contributed by atoms with Gasteiger partial charge in [-0.3, -0.25) is 4.79 Å². The Balaban J connectivity index is 0.00000161. The molecule has 3 saturated heterocycles. The van der Waals surface area contributed by atoms with Crippen molar-refractivity contribution in [2.75, 3.05) is 26.2 Å². The largest absolute Gasteiger partial charge is 1.00 e. The Bertz CT molecular complexity index is 473. The van der Waals surface area contributed by atoms with Gasteiger partial charge in [-0.2, -0.15) is 0 Å². The molecule has 1 N–H and O–H groups in total.